The maximum absolute atomic E-state index is 12.7. The van der Waals surface area contributed by atoms with E-state index in [0.717, 1.165) is 13.0 Å². The fraction of sp³-hybridized carbons (Fsp3) is 0.737. The number of hydrogen-bond donors (Lipinski definition) is 1. The summed E-state index contributed by atoms with van der Waals surface area (Å²) in [4.78, 5) is 6.31. The number of nitrogens with zero attached hydrogens (tertiary/aromatic N) is 2. The third-order valence-electron chi connectivity index (χ3n) is 3.45. The van der Waals surface area contributed by atoms with Gasteiger partial charge in [0.25, 0.3) is 5.88 Å². The molecule has 1 heterocycles. The van der Waals surface area contributed by atoms with Crippen molar-refractivity contribution >= 4 is 5.69 Å². The zero-order chi connectivity index (χ0) is 20.8. The molecule has 0 aliphatic carbocycles. The second kappa shape index (κ2) is 14.4. The number of aryl methyl sites for hydroxylation is 1. The van der Waals surface area contributed by atoms with E-state index < -0.39 is 6.61 Å². The zero-order valence-corrected chi connectivity index (χ0v) is 17.6. The van der Waals surface area contributed by atoms with E-state index in [1.54, 1.807) is 13.8 Å². The lowest BCUT2D eigenvalue weighted by atomic mass is 10.3. The summed E-state index contributed by atoms with van der Waals surface area (Å²) in [6.45, 7) is 11.0. The van der Waals surface area contributed by atoms with E-state index >= 15 is 0 Å². The standard InChI is InChI=1S/C17H29F2N3O3.C2H6/c1-6-8-23-10-12(3)24-16-15(25-17(18)19)9-14(13(4)21-16)20-11-22(5)7-2;1-2/h9,12,17,20H,6-8,10-11H2,1-5H3;1-2H3. The second-order valence-electron chi connectivity index (χ2n) is 5.81. The van der Waals surface area contributed by atoms with E-state index in [1.165, 1.54) is 6.07 Å². The molecular weight excluding hydrogens is 356 g/mol. The van der Waals surface area contributed by atoms with Gasteiger partial charge in [0, 0.05) is 12.7 Å². The first-order chi connectivity index (χ1) is 12.9. The number of halogens is 2. The molecule has 6 nitrogen and oxygen atoms in total. The third-order valence-corrected chi connectivity index (χ3v) is 3.45. The lowest BCUT2D eigenvalue weighted by Crippen LogP contribution is -2.25. The number of pyridine rings is 1. The van der Waals surface area contributed by atoms with Crippen LogP contribution in [-0.2, 0) is 4.74 Å². The van der Waals surface area contributed by atoms with E-state index in [9.17, 15) is 8.78 Å². The summed E-state index contributed by atoms with van der Waals surface area (Å²) in [7, 11) is 1.95. The van der Waals surface area contributed by atoms with Crippen LogP contribution in [0.2, 0.25) is 0 Å². The van der Waals surface area contributed by atoms with E-state index in [-0.39, 0.29) is 17.7 Å². The summed E-state index contributed by atoms with van der Waals surface area (Å²) in [5.41, 5.74) is 1.26. The lowest BCUT2D eigenvalue weighted by molar-refractivity contribution is -0.0530. The molecule has 0 fully saturated rings. The van der Waals surface area contributed by atoms with Crippen molar-refractivity contribution in [3.63, 3.8) is 0 Å². The van der Waals surface area contributed by atoms with Crippen LogP contribution in [-0.4, -0.2) is 56.1 Å². The summed E-state index contributed by atoms with van der Waals surface area (Å²) in [5, 5.41) is 3.16. The highest BCUT2D eigenvalue weighted by atomic mass is 19.3. The Morgan fingerprint density at radius 3 is 2.44 bits per heavy atom. The molecule has 1 atom stereocenters. The van der Waals surface area contributed by atoms with Crippen LogP contribution in [0.5, 0.6) is 11.6 Å². The smallest absolute Gasteiger partial charge is 0.387 e. The summed E-state index contributed by atoms with van der Waals surface area (Å²) in [5.74, 6) is -0.0515. The van der Waals surface area contributed by atoms with Crippen molar-refractivity contribution in [2.24, 2.45) is 0 Å². The third kappa shape index (κ3) is 10.3. The minimum atomic E-state index is -2.95. The van der Waals surface area contributed by atoms with E-state index in [1.807, 2.05) is 39.6 Å². The minimum absolute atomic E-state index is 0.0415. The largest absolute Gasteiger partial charge is 0.470 e. The molecule has 0 aliphatic heterocycles. The van der Waals surface area contributed by atoms with Crippen molar-refractivity contribution in [2.45, 2.75) is 60.7 Å². The van der Waals surface area contributed by atoms with Crippen molar-refractivity contribution in [1.29, 1.82) is 0 Å². The molecule has 0 bridgehead atoms. The second-order valence-corrected chi connectivity index (χ2v) is 5.81. The lowest BCUT2D eigenvalue weighted by Gasteiger charge is -2.20. The number of aromatic nitrogens is 1. The fourth-order valence-corrected chi connectivity index (χ4v) is 1.96. The Hall–Kier alpha value is -1.67. The van der Waals surface area contributed by atoms with Crippen LogP contribution in [0.1, 0.15) is 46.7 Å². The SMILES string of the molecule is CC.CCCOCC(C)Oc1nc(C)c(NCN(C)CC)cc1OC(F)F. The number of ether oxygens (including phenoxy) is 3. The van der Waals surface area contributed by atoms with Crippen molar-refractivity contribution in [3.8, 4) is 11.6 Å². The maximum atomic E-state index is 12.7. The Kier molecular flexibility index (Phi) is 13.5. The number of rotatable bonds is 12. The van der Waals surface area contributed by atoms with Crippen LogP contribution in [0.3, 0.4) is 0 Å². The predicted octanol–water partition coefficient (Wildman–Crippen LogP) is 4.53. The van der Waals surface area contributed by atoms with Crippen LogP contribution in [0.25, 0.3) is 0 Å². The van der Waals surface area contributed by atoms with Gasteiger partial charge in [-0.05, 0) is 33.9 Å². The molecule has 0 saturated heterocycles. The molecule has 0 amide bonds. The summed E-state index contributed by atoms with van der Waals surface area (Å²) < 4.78 is 41.1. The first-order valence-corrected chi connectivity index (χ1v) is 9.50. The minimum Gasteiger partial charge on any atom is -0.470 e. The predicted molar refractivity (Wildman–Crippen MR) is 105 cm³/mol. The Morgan fingerprint density at radius 1 is 1.22 bits per heavy atom. The van der Waals surface area contributed by atoms with Crippen molar-refractivity contribution in [1.82, 2.24) is 9.88 Å². The Balaban J connectivity index is 0.00000326. The molecular formula is C19H35F2N3O3. The van der Waals surface area contributed by atoms with Crippen molar-refractivity contribution < 1.29 is 23.0 Å². The van der Waals surface area contributed by atoms with Gasteiger partial charge in [-0.3, -0.25) is 4.90 Å². The topological polar surface area (TPSA) is 55.9 Å². The molecule has 1 N–H and O–H groups in total. The van der Waals surface area contributed by atoms with Crippen LogP contribution >= 0.6 is 0 Å². The van der Waals surface area contributed by atoms with E-state index in [4.69, 9.17) is 9.47 Å². The summed E-state index contributed by atoms with van der Waals surface area (Å²) in [6, 6.07) is 1.49. The van der Waals surface area contributed by atoms with Crippen LogP contribution in [0.4, 0.5) is 14.5 Å². The van der Waals surface area contributed by atoms with Crippen molar-refractivity contribution in [2.75, 3.05) is 38.8 Å². The van der Waals surface area contributed by atoms with Gasteiger partial charge < -0.3 is 19.5 Å². The number of hydrogen-bond acceptors (Lipinski definition) is 6. The Labute approximate surface area is 162 Å². The highest BCUT2D eigenvalue weighted by Crippen LogP contribution is 2.32. The molecule has 0 aliphatic rings. The molecule has 0 radical (unpaired) electrons. The van der Waals surface area contributed by atoms with Gasteiger partial charge in [0.1, 0.15) is 6.10 Å². The fourth-order valence-electron chi connectivity index (χ4n) is 1.96. The zero-order valence-electron chi connectivity index (χ0n) is 17.6. The van der Waals surface area contributed by atoms with Gasteiger partial charge in [-0.25, -0.2) is 4.98 Å². The van der Waals surface area contributed by atoms with Gasteiger partial charge in [-0.15, -0.1) is 0 Å². The highest BCUT2D eigenvalue weighted by Gasteiger charge is 2.18. The molecule has 0 spiro atoms. The Bertz CT molecular complexity index is 519. The average molecular weight is 392 g/mol. The number of alkyl halides is 2. The Morgan fingerprint density at radius 2 is 1.89 bits per heavy atom. The van der Waals surface area contributed by atoms with Crippen LogP contribution in [0, 0.1) is 6.92 Å². The van der Waals surface area contributed by atoms with Gasteiger partial charge in [-0.2, -0.15) is 8.78 Å². The normalized spacial score (nSPS) is 11.8. The molecule has 0 saturated carbocycles. The molecule has 1 aromatic rings. The summed E-state index contributed by atoms with van der Waals surface area (Å²) >= 11 is 0. The van der Waals surface area contributed by atoms with E-state index in [2.05, 4.69) is 15.0 Å². The highest BCUT2D eigenvalue weighted by molar-refractivity contribution is 5.55. The quantitative estimate of drug-likeness (QED) is 0.417. The van der Waals surface area contributed by atoms with Gasteiger partial charge in [-0.1, -0.05) is 27.7 Å². The molecule has 1 aromatic heterocycles. The number of nitrogens with one attached hydrogen (secondary N) is 1. The molecule has 27 heavy (non-hydrogen) atoms. The average Bonchev–Trinajstić information content (AvgIpc) is 2.64. The summed E-state index contributed by atoms with van der Waals surface area (Å²) in [6.07, 6.45) is 0.569. The first kappa shape index (κ1) is 25.3. The van der Waals surface area contributed by atoms with Gasteiger partial charge in [0.05, 0.1) is 24.7 Å². The molecule has 158 valence electrons. The molecule has 1 rings (SSSR count). The van der Waals surface area contributed by atoms with E-state index in [0.29, 0.717) is 31.3 Å². The molecule has 0 aromatic carbocycles. The van der Waals surface area contributed by atoms with Crippen LogP contribution < -0.4 is 14.8 Å². The first-order valence-electron chi connectivity index (χ1n) is 9.50. The monoisotopic (exact) mass is 391 g/mol. The molecule has 1 unspecified atom stereocenters. The van der Waals surface area contributed by atoms with Gasteiger partial charge in [0.2, 0.25) is 0 Å². The van der Waals surface area contributed by atoms with Gasteiger partial charge >= 0.3 is 6.61 Å². The maximum Gasteiger partial charge on any atom is 0.387 e. The van der Waals surface area contributed by atoms with Crippen LogP contribution in [0.15, 0.2) is 6.07 Å². The van der Waals surface area contributed by atoms with Crippen molar-refractivity contribution in [3.05, 3.63) is 11.8 Å². The molecule has 8 heteroatoms. The number of anilines is 1. The van der Waals surface area contributed by atoms with Gasteiger partial charge in [0.15, 0.2) is 5.75 Å².